The summed E-state index contributed by atoms with van der Waals surface area (Å²) in [6, 6.07) is 14.9. The van der Waals surface area contributed by atoms with Crippen molar-refractivity contribution in [2.45, 2.75) is 0 Å². The molecule has 0 aliphatic carbocycles. The van der Waals surface area contributed by atoms with Gasteiger partial charge in [-0.3, -0.25) is 29.4 Å². The fourth-order valence-electron chi connectivity index (χ4n) is 4.15. The molecule has 2 aliphatic heterocycles. The first kappa shape index (κ1) is 26.7. The van der Waals surface area contributed by atoms with Crippen molar-refractivity contribution in [1.29, 1.82) is 0 Å². The van der Waals surface area contributed by atoms with Crippen LogP contribution in [0.1, 0.15) is 5.76 Å². The molecule has 5 rings (SSSR count). The van der Waals surface area contributed by atoms with E-state index in [4.69, 9.17) is 9.15 Å². The lowest BCUT2D eigenvalue weighted by molar-refractivity contribution is -0.384. The SMILES string of the molecule is O=C(CN1C(=O)S/C(=C/c2ccc(-c3ccc([N+](=O)[O-])cc3Br)o2)C1=O)Nc1ccccc1N1CCOCC1. The third kappa shape index (κ3) is 5.90. The lowest BCUT2D eigenvalue weighted by atomic mass is 10.1. The molecule has 200 valence electrons. The quantitative estimate of drug-likeness (QED) is 0.219. The van der Waals surface area contributed by atoms with E-state index in [1.54, 1.807) is 30.3 Å². The Morgan fingerprint density at radius 3 is 2.64 bits per heavy atom. The number of benzene rings is 2. The molecule has 39 heavy (non-hydrogen) atoms. The normalized spacial score (nSPS) is 16.7. The Morgan fingerprint density at radius 2 is 1.90 bits per heavy atom. The summed E-state index contributed by atoms with van der Waals surface area (Å²) in [4.78, 5) is 51.9. The van der Waals surface area contributed by atoms with Gasteiger partial charge in [0.1, 0.15) is 18.1 Å². The van der Waals surface area contributed by atoms with Gasteiger partial charge in [-0.1, -0.05) is 12.1 Å². The zero-order chi connectivity index (χ0) is 27.5. The van der Waals surface area contributed by atoms with E-state index in [1.165, 1.54) is 18.2 Å². The first-order chi connectivity index (χ1) is 18.8. The monoisotopic (exact) mass is 612 g/mol. The van der Waals surface area contributed by atoms with E-state index in [9.17, 15) is 24.5 Å². The number of hydrogen-bond acceptors (Lipinski definition) is 9. The van der Waals surface area contributed by atoms with Crippen LogP contribution in [-0.2, 0) is 14.3 Å². The van der Waals surface area contributed by atoms with E-state index in [1.807, 2.05) is 12.1 Å². The molecule has 2 fully saturated rings. The summed E-state index contributed by atoms with van der Waals surface area (Å²) in [6.07, 6.45) is 1.43. The summed E-state index contributed by atoms with van der Waals surface area (Å²) in [5, 5.41) is 13.2. The topological polar surface area (TPSA) is 135 Å². The summed E-state index contributed by atoms with van der Waals surface area (Å²) >= 11 is 4.03. The van der Waals surface area contributed by atoms with Gasteiger partial charge in [-0.15, -0.1) is 0 Å². The fraction of sp³-hybridized carbons (Fsp3) is 0.192. The maximum absolute atomic E-state index is 13.0. The molecular formula is C26H21BrN4O7S. The van der Waals surface area contributed by atoms with Crippen LogP contribution in [0.25, 0.3) is 17.4 Å². The molecule has 0 radical (unpaired) electrons. The molecule has 3 amide bonds. The summed E-state index contributed by atoms with van der Waals surface area (Å²) < 4.78 is 11.7. The van der Waals surface area contributed by atoms with Gasteiger partial charge in [0.2, 0.25) is 5.91 Å². The van der Waals surface area contributed by atoms with Gasteiger partial charge in [-0.05, 0) is 58.0 Å². The van der Waals surface area contributed by atoms with Crippen LogP contribution in [0, 0.1) is 10.1 Å². The van der Waals surface area contributed by atoms with Gasteiger partial charge < -0.3 is 19.4 Å². The zero-order valence-corrected chi connectivity index (χ0v) is 22.7. The molecule has 13 heteroatoms. The number of nitro groups is 1. The van der Waals surface area contributed by atoms with Crippen LogP contribution in [0.3, 0.4) is 0 Å². The molecule has 0 saturated carbocycles. The molecule has 1 aromatic heterocycles. The smallest absolute Gasteiger partial charge is 0.294 e. The average Bonchev–Trinajstić information content (AvgIpc) is 3.49. The number of furan rings is 1. The molecule has 2 aromatic carbocycles. The number of nitrogens with zero attached hydrogens (tertiary/aromatic N) is 3. The van der Waals surface area contributed by atoms with E-state index in [2.05, 4.69) is 26.1 Å². The van der Waals surface area contributed by atoms with E-state index in [0.717, 1.165) is 10.6 Å². The number of anilines is 2. The number of nitro benzene ring substituents is 1. The maximum Gasteiger partial charge on any atom is 0.294 e. The second kappa shape index (κ2) is 11.4. The minimum atomic E-state index is -0.601. The lowest BCUT2D eigenvalue weighted by Crippen LogP contribution is -2.38. The molecular weight excluding hydrogens is 592 g/mol. The summed E-state index contributed by atoms with van der Waals surface area (Å²) in [5.41, 5.74) is 1.95. The number of amides is 3. The highest BCUT2D eigenvalue weighted by molar-refractivity contribution is 9.10. The molecule has 0 unspecified atom stereocenters. The molecule has 2 aliphatic rings. The molecule has 2 saturated heterocycles. The number of ether oxygens (including phenoxy) is 1. The second-order valence-electron chi connectivity index (χ2n) is 8.56. The third-order valence-corrected chi connectivity index (χ3v) is 7.60. The Bertz CT molecular complexity index is 1500. The van der Waals surface area contributed by atoms with Gasteiger partial charge >= 0.3 is 0 Å². The van der Waals surface area contributed by atoms with Crippen molar-refractivity contribution in [3.8, 4) is 11.3 Å². The van der Waals surface area contributed by atoms with Crippen LogP contribution in [0.2, 0.25) is 0 Å². The number of non-ortho nitro benzene ring substituents is 1. The first-order valence-corrected chi connectivity index (χ1v) is 13.4. The highest BCUT2D eigenvalue weighted by atomic mass is 79.9. The number of thioether (sulfide) groups is 1. The lowest BCUT2D eigenvalue weighted by Gasteiger charge is -2.30. The number of halogens is 1. The predicted octanol–water partition coefficient (Wildman–Crippen LogP) is 5.13. The minimum Gasteiger partial charge on any atom is -0.457 e. The minimum absolute atomic E-state index is 0.0697. The molecule has 0 atom stereocenters. The van der Waals surface area contributed by atoms with Crippen molar-refractivity contribution in [3.63, 3.8) is 0 Å². The summed E-state index contributed by atoms with van der Waals surface area (Å²) in [7, 11) is 0. The Balaban J connectivity index is 1.26. The second-order valence-corrected chi connectivity index (χ2v) is 10.4. The van der Waals surface area contributed by atoms with E-state index >= 15 is 0 Å². The first-order valence-electron chi connectivity index (χ1n) is 11.8. The summed E-state index contributed by atoms with van der Waals surface area (Å²) in [6.45, 7) is 2.13. The van der Waals surface area contributed by atoms with Gasteiger partial charge in [0.15, 0.2) is 0 Å². The Kier molecular flexibility index (Phi) is 7.82. The Labute approximate surface area is 235 Å². The van der Waals surface area contributed by atoms with Crippen molar-refractivity contribution in [3.05, 3.63) is 79.8 Å². The van der Waals surface area contributed by atoms with Crippen molar-refractivity contribution in [2.75, 3.05) is 43.1 Å². The van der Waals surface area contributed by atoms with Gasteiger partial charge in [0, 0.05) is 41.3 Å². The molecule has 0 spiro atoms. The number of nitrogens with one attached hydrogen (secondary N) is 1. The van der Waals surface area contributed by atoms with E-state index in [0.29, 0.717) is 65.3 Å². The average molecular weight is 613 g/mol. The predicted molar refractivity (Wildman–Crippen MR) is 149 cm³/mol. The van der Waals surface area contributed by atoms with Crippen molar-refractivity contribution in [1.82, 2.24) is 4.90 Å². The molecule has 3 aromatic rings. The van der Waals surface area contributed by atoms with Crippen molar-refractivity contribution < 1.29 is 28.5 Å². The summed E-state index contributed by atoms with van der Waals surface area (Å²) in [5.74, 6) is -0.371. The van der Waals surface area contributed by atoms with Gasteiger partial charge in [0.05, 0.1) is 34.4 Å². The van der Waals surface area contributed by atoms with Crippen LogP contribution < -0.4 is 10.2 Å². The van der Waals surface area contributed by atoms with Crippen molar-refractivity contribution in [2.24, 2.45) is 0 Å². The molecule has 11 nitrogen and oxygen atoms in total. The van der Waals surface area contributed by atoms with Crippen LogP contribution in [0.15, 0.2) is 68.4 Å². The Morgan fingerprint density at radius 1 is 1.13 bits per heavy atom. The Hall–Kier alpha value is -3.94. The number of imide groups is 1. The number of hydrogen-bond donors (Lipinski definition) is 1. The largest absolute Gasteiger partial charge is 0.457 e. The van der Waals surface area contributed by atoms with Gasteiger partial charge in [-0.2, -0.15) is 0 Å². The van der Waals surface area contributed by atoms with Gasteiger partial charge in [0.25, 0.3) is 16.8 Å². The molecule has 1 N–H and O–H groups in total. The van der Waals surface area contributed by atoms with Crippen LogP contribution >= 0.6 is 27.7 Å². The highest BCUT2D eigenvalue weighted by Crippen LogP contribution is 2.36. The number of morpholine rings is 1. The number of carbonyl (C=O) groups excluding carboxylic acids is 3. The van der Waals surface area contributed by atoms with Crippen LogP contribution in [-0.4, -0.2) is 59.7 Å². The maximum atomic E-state index is 13.0. The third-order valence-electron chi connectivity index (χ3n) is 6.03. The zero-order valence-electron chi connectivity index (χ0n) is 20.3. The number of rotatable bonds is 7. The fourth-order valence-corrected chi connectivity index (χ4v) is 5.53. The van der Waals surface area contributed by atoms with Gasteiger partial charge in [-0.25, -0.2) is 0 Å². The number of para-hydroxylation sites is 2. The standard InChI is InChI=1S/C26H21BrN4O7S/c27-19-13-16(31(35)36)5-7-18(19)22-8-6-17(38-22)14-23-25(33)30(26(34)39-23)15-24(32)28-20-3-1-2-4-21(20)29-9-11-37-12-10-29/h1-8,13-14H,9-12,15H2,(H,28,32)/b23-14+. The van der Waals surface area contributed by atoms with Crippen LogP contribution in [0.4, 0.5) is 21.9 Å². The number of carbonyl (C=O) groups is 3. The van der Waals surface area contributed by atoms with E-state index < -0.39 is 28.5 Å². The van der Waals surface area contributed by atoms with Crippen LogP contribution in [0.5, 0.6) is 0 Å². The molecule has 3 heterocycles. The van der Waals surface area contributed by atoms with Crippen molar-refractivity contribution >= 4 is 67.9 Å². The molecule has 0 bridgehead atoms. The highest BCUT2D eigenvalue weighted by Gasteiger charge is 2.36. The van der Waals surface area contributed by atoms with E-state index in [-0.39, 0.29) is 10.6 Å².